The van der Waals surface area contributed by atoms with E-state index in [4.69, 9.17) is 9.47 Å². The van der Waals surface area contributed by atoms with Crippen LogP contribution in [0.1, 0.15) is 16.2 Å². The van der Waals surface area contributed by atoms with E-state index in [0.29, 0.717) is 18.8 Å². The Hall–Kier alpha value is -2.61. The molecule has 0 unspecified atom stereocenters. The summed E-state index contributed by atoms with van der Waals surface area (Å²) in [6.07, 6.45) is -0.128. The van der Waals surface area contributed by atoms with Crippen molar-refractivity contribution in [2.75, 3.05) is 25.1 Å². The van der Waals surface area contributed by atoms with Gasteiger partial charge >= 0.3 is 5.97 Å². The Morgan fingerprint density at radius 2 is 2.16 bits per heavy atom. The van der Waals surface area contributed by atoms with Crippen LogP contribution in [0.5, 0.6) is 5.75 Å². The summed E-state index contributed by atoms with van der Waals surface area (Å²) in [6.45, 7) is 3.14. The van der Waals surface area contributed by atoms with Gasteiger partial charge in [-0.3, -0.25) is 4.68 Å². The van der Waals surface area contributed by atoms with E-state index in [-0.39, 0.29) is 12.1 Å². The molecular formula is C17H18N4O3S. The lowest BCUT2D eigenvalue weighted by Crippen LogP contribution is -2.53. The highest BCUT2D eigenvalue weighted by Crippen LogP contribution is 2.35. The molecular weight excluding hydrogens is 340 g/mol. The molecule has 4 rings (SSSR count). The maximum Gasteiger partial charge on any atom is 0.356 e. The average Bonchev–Trinajstić information content (AvgIpc) is 3.12. The van der Waals surface area contributed by atoms with Crippen LogP contribution in [0.15, 0.2) is 24.3 Å². The minimum Gasteiger partial charge on any atom is -0.494 e. The molecule has 0 atom stereocenters. The Balaban J connectivity index is 1.42. The van der Waals surface area contributed by atoms with Crippen LogP contribution in [0.25, 0.3) is 10.2 Å². The fourth-order valence-electron chi connectivity index (χ4n) is 2.89. The normalized spacial score (nSPS) is 14.6. The largest absolute Gasteiger partial charge is 0.494 e. The second-order valence-electron chi connectivity index (χ2n) is 6.03. The van der Waals surface area contributed by atoms with Gasteiger partial charge in [-0.05, 0) is 25.1 Å². The molecule has 0 aliphatic carbocycles. The zero-order valence-corrected chi connectivity index (χ0v) is 15.0. The predicted molar refractivity (Wildman–Crippen MR) is 95.5 cm³/mol. The number of nitrogens with zero attached hydrogens (tertiary/aromatic N) is 4. The zero-order valence-electron chi connectivity index (χ0n) is 14.2. The molecule has 8 heteroatoms. The van der Waals surface area contributed by atoms with Crippen molar-refractivity contribution in [3.05, 3.63) is 35.7 Å². The van der Waals surface area contributed by atoms with E-state index in [9.17, 15) is 4.79 Å². The molecule has 2 aromatic heterocycles. The highest BCUT2D eigenvalue weighted by Gasteiger charge is 2.33. The van der Waals surface area contributed by atoms with Crippen LogP contribution in [0.3, 0.4) is 0 Å². The van der Waals surface area contributed by atoms with E-state index < -0.39 is 0 Å². The van der Waals surface area contributed by atoms with E-state index in [0.717, 1.165) is 26.8 Å². The summed E-state index contributed by atoms with van der Waals surface area (Å²) < 4.78 is 13.5. The number of para-hydroxylation sites is 1. The van der Waals surface area contributed by atoms with Gasteiger partial charge in [0.25, 0.3) is 0 Å². The first kappa shape index (κ1) is 15.9. The molecule has 1 fully saturated rings. The SMILES string of the molecule is COc1cccc2sc(N3CC(OC(=O)c4cc(C)nn4C)C3)nc12. The van der Waals surface area contributed by atoms with Gasteiger partial charge in [0.1, 0.15) is 23.1 Å². The molecule has 0 amide bonds. The third-order valence-corrected chi connectivity index (χ3v) is 5.28. The van der Waals surface area contributed by atoms with E-state index in [1.165, 1.54) is 0 Å². The van der Waals surface area contributed by atoms with Crippen molar-refractivity contribution in [1.82, 2.24) is 14.8 Å². The number of carbonyl (C=O) groups excluding carboxylic acids is 1. The van der Waals surface area contributed by atoms with Gasteiger partial charge in [-0.25, -0.2) is 9.78 Å². The van der Waals surface area contributed by atoms with Crippen molar-refractivity contribution in [1.29, 1.82) is 0 Å². The lowest BCUT2D eigenvalue weighted by atomic mass is 10.2. The van der Waals surface area contributed by atoms with E-state index in [2.05, 4.69) is 15.0 Å². The molecule has 0 saturated carbocycles. The zero-order chi connectivity index (χ0) is 17.6. The Morgan fingerprint density at radius 3 is 2.84 bits per heavy atom. The minimum atomic E-state index is -0.335. The summed E-state index contributed by atoms with van der Waals surface area (Å²) in [6, 6.07) is 7.63. The van der Waals surface area contributed by atoms with Gasteiger partial charge in [0.2, 0.25) is 0 Å². The molecule has 1 aliphatic rings. The molecule has 3 heterocycles. The van der Waals surface area contributed by atoms with Crippen LogP contribution in [0.4, 0.5) is 5.13 Å². The molecule has 0 N–H and O–H groups in total. The van der Waals surface area contributed by atoms with E-state index in [1.54, 1.807) is 36.2 Å². The second-order valence-corrected chi connectivity index (χ2v) is 7.04. The summed E-state index contributed by atoms with van der Waals surface area (Å²) >= 11 is 1.61. The monoisotopic (exact) mass is 358 g/mol. The third-order valence-electron chi connectivity index (χ3n) is 4.19. The van der Waals surface area contributed by atoms with E-state index >= 15 is 0 Å². The van der Waals surface area contributed by atoms with Crippen molar-refractivity contribution in [3.63, 3.8) is 0 Å². The first-order valence-corrected chi connectivity index (χ1v) is 8.77. The molecule has 0 spiro atoms. The van der Waals surface area contributed by atoms with E-state index in [1.807, 2.05) is 25.1 Å². The molecule has 1 aliphatic heterocycles. The number of aromatic nitrogens is 3. The molecule has 130 valence electrons. The van der Waals surface area contributed by atoms with Crippen LogP contribution >= 0.6 is 11.3 Å². The number of thiazole rings is 1. The smallest absolute Gasteiger partial charge is 0.356 e. The summed E-state index contributed by atoms with van der Waals surface area (Å²) in [5.41, 5.74) is 2.14. The molecule has 25 heavy (non-hydrogen) atoms. The number of hydrogen-bond acceptors (Lipinski definition) is 7. The molecule has 7 nitrogen and oxygen atoms in total. The highest BCUT2D eigenvalue weighted by molar-refractivity contribution is 7.22. The number of anilines is 1. The lowest BCUT2D eigenvalue weighted by Gasteiger charge is -2.38. The quantitative estimate of drug-likeness (QED) is 0.667. The summed E-state index contributed by atoms with van der Waals surface area (Å²) in [5, 5.41) is 5.09. The van der Waals surface area contributed by atoms with Crippen molar-refractivity contribution >= 4 is 32.7 Å². The molecule has 3 aromatic rings. The lowest BCUT2D eigenvalue weighted by molar-refractivity contribution is 0.0222. The molecule has 0 radical (unpaired) electrons. The highest BCUT2D eigenvalue weighted by atomic mass is 32.1. The Kier molecular flexibility index (Phi) is 3.84. The van der Waals surface area contributed by atoms with Crippen LogP contribution in [-0.4, -0.2) is 47.0 Å². The van der Waals surface area contributed by atoms with Crippen molar-refractivity contribution in [2.45, 2.75) is 13.0 Å². The fraction of sp³-hybridized carbons (Fsp3) is 0.353. The van der Waals surface area contributed by atoms with Crippen molar-refractivity contribution in [3.8, 4) is 5.75 Å². The van der Waals surface area contributed by atoms with Gasteiger partial charge in [-0.1, -0.05) is 17.4 Å². The first-order chi connectivity index (χ1) is 12.0. The number of esters is 1. The van der Waals surface area contributed by atoms with Crippen molar-refractivity contribution in [2.24, 2.45) is 7.05 Å². The maximum atomic E-state index is 12.2. The Morgan fingerprint density at radius 1 is 1.36 bits per heavy atom. The Bertz CT molecular complexity index is 943. The first-order valence-electron chi connectivity index (χ1n) is 7.95. The van der Waals surface area contributed by atoms with Gasteiger partial charge < -0.3 is 14.4 Å². The van der Waals surface area contributed by atoms with Gasteiger partial charge in [0.05, 0.1) is 30.6 Å². The van der Waals surface area contributed by atoms with Crippen LogP contribution in [-0.2, 0) is 11.8 Å². The number of benzene rings is 1. The topological polar surface area (TPSA) is 69.5 Å². The number of methoxy groups -OCH3 is 1. The van der Waals surface area contributed by atoms with Gasteiger partial charge in [0, 0.05) is 7.05 Å². The number of hydrogen-bond donors (Lipinski definition) is 0. The third kappa shape index (κ3) is 2.82. The summed E-state index contributed by atoms with van der Waals surface area (Å²) in [4.78, 5) is 19.0. The molecule has 1 saturated heterocycles. The van der Waals surface area contributed by atoms with Gasteiger partial charge in [-0.2, -0.15) is 5.10 Å². The van der Waals surface area contributed by atoms with Gasteiger partial charge in [-0.15, -0.1) is 0 Å². The minimum absolute atomic E-state index is 0.128. The van der Waals surface area contributed by atoms with Crippen LogP contribution < -0.4 is 9.64 Å². The number of ether oxygens (including phenoxy) is 2. The Labute approximate surface area is 148 Å². The predicted octanol–water partition coefficient (Wildman–Crippen LogP) is 2.39. The number of rotatable bonds is 4. The number of carbonyl (C=O) groups is 1. The number of aryl methyl sites for hydroxylation is 2. The van der Waals surface area contributed by atoms with Gasteiger partial charge in [0.15, 0.2) is 5.13 Å². The number of fused-ring (bicyclic) bond motifs is 1. The van der Waals surface area contributed by atoms with Crippen molar-refractivity contribution < 1.29 is 14.3 Å². The maximum absolute atomic E-state index is 12.2. The summed E-state index contributed by atoms with van der Waals surface area (Å²) in [5.74, 6) is 0.439. The molecule has 0 bridgehead atoms. The van der Waals surface area contributed by atoms with Crippen LogP contribution in [0.2, 0.25) is 0 Å². The standard InChI is InChI=1S/C17H18N4O3S/c1-10-7-12(20(2)19-10)16(22)24-11-8-21(9-11)17-18-15-13(23-3)5-4-6-14(15)25-17/h4-7,11H,8-9H2,1-3H3. The molecule has 1 aromatic carbocycles. The second kappa shape index (κ2) is 6.03. The summed E-state index contributed by atoms with van der Waals surface area (Å²) in [7, 11) is 3.39. The average molecular weight is 358 g/mol. The van der Waals surface area contributed by atoms with Crippen LogP contribution in [0, 0.1) is 6.92 Å². The fourth-order valence-corrected chi connectivity index (χ4v) is 3.90.